The Labute approximate surface area is 141 Å². The number of hydrogen-bond donors (Lipinski definition) is 1. The Morgan fingerprint density at radius 1 is 1.33 bits per heavy atom. The molecule has 1 aromatic rings. The Balaban J connectivity index is 1.56. The average molecular weight is 329 g/mol. The SMILES string of the molecule is C[C@@H]1[C@H](C(=O)O)CCCN1C(=O)[C@@H]1C[C@]12CCOc1ccccc12. The maximum Gasteiger partial charge on any atom is 0.308 e. The van der Waals surface area contributed by atoms with Crippen molar-refractivity contribution in [2.24, 2.45) is 11.8 Å². The van der Waals surface area contributed by atoms with Crippen LogP contribution in [0.2, 0.25) is 0 Å². The van der Waals surface area contributed by atoms with Gasteiger partial charge >= 0.3 is 5.97 Å². The van der Waals surface area contributed by atoms with E-state index in [1.54, 1.807) is 0 Å². The Kier molecular flexibility index (Phi) is 3.55. The van der Waals surface area contributed by atoms with E-state index in [1.807, 2.05) is 30.0 Å². The Bertz CT molecular complexity index is 688. The number of piperidine rings is 1. The third-order valence-corrected chi connectivity index (χ3v) is 6.19. The Morgan fingerprint density at radius 3 is 2.92 bits per heavy atom. The fourth-order valence-corrected chi connectivity index (χ4v) is 4.67. The number of aliphatic carboxylic acids is 1. The van der Waals surface area contributed by atoms with E-state index in [0.717, 1.165) is 30.6 Å². The van der Waals surface area contributed by atoms with Crippen LogP contribution in [0.4, 0.5) is 0 Å². The lowest BCUT2D eigenvalue weighted by Gasteiger charge is -2.38. The predicted molar refractivity (Wildman–Crippen MR) is 87.9 cm³/mol. The van der Waals surface area contributed by atoms with Crippen LogP contribution in [-0.4, -0.2) is 41.1 Å². The lowest BCUT2D eigenvalue weighted by Crippen LogP contribution is -2.50. The summed E-state index contributed by atoms with van der Waals surface area (Å²) in [5, 5.41) is 9.38. The molecule has 3 aliphatic rings. The number of carboxylic acids is 1. The molecule has 24 heavy (non-hydrogen) atoms. The minimum Gasteiger partial charge on any atom is -0.493 e. The number of fused-ring (bicyclic) bond motifs is 2. The molecule has 128 valence electrons. The molecule has 1 N–H and O–H groups in total. The van der Waals surface area contributed by atoms with E-state index in [9.17, 15) is 14.7 Å². The molecular weight excluding hydrogens is 306 g/mol. The number of rotatable bonds is 2. The number of para-hydroxylation sites is 1. The second-order valence-corrected chi connectivity index (χ2v) is 7.37. The van der Waals surface area contributed by atoms with Crippen molar-refractivity contribution in [2.45, 2.75) is 44.1 Å². The van der Waals surface area contributed by atoms with Gasteiger partial charge in [0.15, 0.2) is 0 Å². The molecule has 1 amide bonds. The monoisotopic (exact) mass is 329 g/mol. The van der Waals surface area contributed by atoms with Crippen molar-refractivity contribution < 1.29 is 19.4 Å². The highest BCUT2D eigenvalue weighted by Gasteiger charge is 2.62. The van der Waals surface area contributed by atoms with Crippen molar-refractivity contribution in [1.82, 2.24) is 4.90 Å². The predicted octanol–water partition coefficient (Wildman–Crippen LogP) is 2.44. The standard InChI is InChI=1S/C19H23NO4/c1-12-13(18(22)23)5-4-9-20(12)17(21)15-11-19(15)8-10-24-16-7-3-2-6-14(16)19/h2-3,6-7,12-13,15H,4-5,8-11H2,1H3,(H,22,23)/t12-,13-,15+,19+/m1/s1. The molecule has 2 aliphatic heterocycles. The minimum atomic E-state index is -0.790. The van der Waals surface area contributed by atoms with Gasteiger partial charge in [-0.2, -0.15) is 0 Å². The van der Waals surface area contributed by atoms with Crippen LogP contribution in [-0.2, 0) is 15.0 Å². The Hall–Kier alpha value is -2.04. The van der Waals surface area contributed by atoms with Crippen LogP contribution in [0.15, 0.2) is 24.3 Å². The van der Waals surface area contributed by atoms with Crippen LogP contribution in [0.25, 0.3) is 0 Å². The van der Waals surface area contributed by atoms with Crippen LogP contribution in [0.5, 0.6) is 5.75 Å². The smallest absolute Gasteiger partial charge is 0.308 e. The molecule has 1 spiro atoms. The summed E-state index contributed by atoms with van der Waals surface area (Å²) >= 11 is 0. The molecule has 0 unspecified atom stereocenters. The van der Waals surface area contributed by atoms with Gasteiger partial charge in [0.1, 0.15) is 5.75 Å². The van der Waals surface area contributed by atoms with Gasteiger partial charge in [0, 0.05) is 29.5 Å². The molecule has 2 heterocycles. The second-order valence-electron chi connectivity index (χ2n) is 7.37. The molecule has 0 bridgehead atoms. The van der Waals surface area contributed by atoms with Crippen LogP contribution < -0.4 is 4.74 Å². The summed E-state index contributed by atoms with van der Waals surface area (Å²) in [4.78, 5) is 26.4. The van der Waals surface area contributed by atoms with Crippen LogP contribution in [0, 0.1) is 11.8 Å². The molecule has 4 rings (SSSR count). The summed E-state index contributed by atoms with van der Waals surface area (Å²) in [7, 11) is 0. The van der Waals surface area contributed by atoms with E-state index in [-0.39, 0.29) is 23.3 Å². The van der Waals surface area contributed by atoms with Crippen molar-refractivity contribution in [1.29, 1.82) is 0 Å². The first-order valence-corrected chi connectivity index (χ1v) is 8.80. The summed E-state index contributed by atoms with van der Waals surface area (Å²) < 4.78 is 5.74. The zero-order chi connectivity index (χ0) is 16.9. The molecule has 1 saturated heterocycles. The van der Waals surface area contributed by atoms with E-state index in [4.69, 9.17) is 4.74 Å². The van der Waals surface area contributed by atoms with Gasteiger partial charge in [-0.25, -0.2) is 0 Å². The van der Waals surface area contributed by atoms with E-state index < -0.39 is 11.9 Å². The second kappa shape index (κ2) is 5.50. The molecule has 1 aromatic carbocycles. The number of benzene rings is 1. The number of carbonyl (C=O) groups excluding carboxylic acids is 1. The van der Waals surface area contributed by atoms with E-state index >= 15 is 0 Å². The van der Waals surface area contributed by atoms with Gasteiger partial charge < -0.3 is 14.7 Å². The molecular formula is C19H23NO4. The summed E-state index contributed by atoms with van der Waals surface area (Å²) in [5.74, 6) is -0.238. The average Bonchev–Trinajstić information content (AvgIpc) is 3.29. The number of amides is 1. The molecule has 2 fully saturated rings. The summed E-state index contributed by atoms with van der Waals surface area (Å²) in [5.41, 5.74) is 1.05. The summed E-state index contributed by atoms with van der Waals surface area (Å²) in [6.45, 7) is 3.20. The highest BCUT2D eigenvalue weighted by molar-refractivity contribution is 5.86. The number of carbonyl (C=O) groups is 2. The minimum absolute atomic E-state index is 0.0301. The fourth-order valence-electron chi connectivity index (χ4n) is 4.67. The lowest BCUT2D eigenvalue weighted by atomic mass is 9.86. The topological polar surface area (TPSA) is 66.8 Å². The normalized spacial score (nSPS) is 34.4. The zero-order valence-electron chi connectivity index (χ0n) is 13.9. The number of likely N-dealkylation sites (tertiary alicyclic amines) is 1. The van der Waals surface area contributed by atoms with Gasteiger partial charge in [-0.3, -0.25) is 9.59 Å². The van der Waals surface area contributed by atoms with Gasteiger partial charge in [0.05, 0.1) is 12.5 Å². The third kappa shape index (κ3) is 2.21. The van der Waals surface area contributed by atoms with E-state index in [0.29, 0.717) is 19.6 Å². The van der Waals surface area contributed by atoms with E-state index in [1.165, 1.54) is 0 Å². The van der Waals surface area contributed by atoms with E-state index in [2.05, 4.69) is 6.07 Å². The van der Waals surface area contributed by atoms with Crippen molar-refractivity contribution >= 4 is 11.9 Å². The maximum atomic E-state index is 13.1. The van der Waals surface area contributed by atoms with Crippen LogP contribution in [0.1, 0.15) is 38.2 Å². The summed E-state index contributed by atoms with van der Waals surface area (Å²) in [6.07, 6.45) is 3.15. The highest BCUT2D eigenvalue weighted by atomic mass is 16.5. The fraction of sp³-hybridized carbons (Fsp3) is 0.579. The molecule has 0 aromatic heterocycles. The van der Waals surface area contributed by atoms with Crippen molar-refractivity contribution in [3.8, 4) is 5.75 Å². The van der Waals surface area contributed by atoms with Gasteiger partial charge in [0.2, 0.25) is 5.91 Å². The first-order valence-electron chi connectivity index (χ1n) is 8.80. The largest absolute Gasteiger partial charge is 0.493 e. The molecule has 4 atom stereocenters. The van der Waals surface area contributed by atoms with Gasteiger partial charge in [-0.15, -0.1) is 0 Å². The number of carboxylic acid groups (broad SMARTS) is 1. The zero-order valence-corrected chi connectivity index (χ0v) is 13.9. The first kappa shape index (κ1) is 15.5. The van der Waals surface area contributed by atoms with Crippen LogP contribution >= 0.6 is 0 Å². The number of hydrogen-bond acceptors (Lipinski definition) is 3. The number of nitrogens with zero attached hydrogens (tertiary/aromatic N) is 1. The quantitative estimate of drug-likeness (QED) is 0.905. The molecule has 1 aliphatic carbocycles. The van der Waals surface area contributed by atoms with Crippen molar-refractivity contribution in [3.05, 3.63) is 29.8 Å². The van der Waals surface area contributed by atoms with Crippen molar-refractivity contribution in [3.63, 3.8) is 0 Å². The third-order valence-electron chi connectivity index (χ3n) is 6.19. The number of ether oxygens (including phenoxy) is 1. The van der Waals surface area contributed by atoms with Crippen molar-refractivity contribution in [2.75, 3.05) is 13.2 Å². The molecule has 5 nitrogen and oxygen atoms in total. The lowest BCUT2D eigenvalue weighted by molar-refractivity contribution is -0.149. The Morgan fingerprint density at radius 2 is 2.12 bits per heavy atom. The summed E-state index contributed by atoms with van der Waals surface area (Å²) in [6, 6.07) is 7.78. The highest BCUT2D eigenvalue weighted by Crippen LogP contribution is 2.61. The van der Waals surface area contributed by atoms with Gasteiger partial charge in [-0.1, -0.05) is 18.2 Å². The maximum absolute atomic E-state index is 13.1. The molecule has 0 radical (unpaired) electrons. The molecule has 1 saturated carbocycles. The van der Waals surface area contributed by atoms with Crippen LogP contribution in [0.3, 0.4) is 0 Å². The van der Waals surface area contributed by atoms with Gasteiger partial charge in [0.25, 0.3) is 0 Å². The van der Waals surface area contributed by atoms with Gasteiger partial charge in [-0.05, 0) is 38.7 Å². The first-order chi connectivity index (χ1) is 11.5. The molecule has 5 heteroatoms.